The van der Waals surface area contributed by atoms with Crippen LogP contribution in [0.25, 0.3) is 0 Å². The van der Waals surface area contributed by atoms with Gasteiger partial charge >= 0.3 is 0 Å². The van der Waals surface area contributed by atoms with E-state index in [-0.39, 0.29) is 5.54 Å². The van der Waals surface area contributed by atoms with Crippen molar-refractivity contribution in [1.82, 2.24) is 10.2 Å². The monoisotopic (exact) mass is 279 g/mol. The van der Waals surface area contributed by atoms with E-state index in [2.05, 4.69) is 23.2 Å². The van der Waals surface area contributed by atoms with E-state index in [4.69, 9.17) is 4.74 Å². The highest BCUT2D eigenvalue weighted by atomic mass is 16.5. The molecular formula is C16H29N3O. The lowest BCUT2D eigenvalue weighted by Crippen LogP contribution is -2.46. The van der Waals surface area contributed by atoms with Gasteiger partial charge in [-0.05, 0) is 58.5 Å². The van der Waals surface area contributed by atoms with Gasteiger partial charge in [0.25, 0.3) is 0 Å². The molecule has 20 heavy (non-hydrogen) atoms. The van der Waals surface area contributed by atoms with E-state index in [1.807, 2.05) is 7.05 Å². The van der Waals surface area contributed by atoms with Crippen molar-refractivity contribution < 1.29 is 4.74 Å². The Labute approximate surface area is 123 Å². The van der Waals surface area contributed by atoms with Crippen LogP contribution < -0.4 is 5.32 Å². The zero-order valence-electron chi connectivity index (χ0n) is 13.0. The van der Waals surface area contributed by atoms with Crippen molar-refractivity contribution in [2.45, 2.75) is 57.1 Å². The van der Waals surface area contributed by atoms with Crippen molar-refractivity contribution in [1.29, 1.82) is 5.26 Å². The van der Waals surface area contributed by atoms with Crippen LogP contribution in [0, 0.1) is 17.2 Å². The van der Waals surface area contributed by atoms with Crippen LogP contribution in [0.4, 0.5) is 0 Å². The molecule has 1 saturated heterocycles. The third-order valence-corrected chi connectivity index (χ3v) is 5.20. The van der Waals surface area contributed by atoms with Crippen LogP contribution in [-0.4, -0.2) is 49.8 Å². The van der Waals surface area contributed by atoms with Gasteiger partial charge in [-0.2, -0.15) is 5.26 Å². The van der Waals surface area contributed by atoms with E-state index in [0.29, 0.717) is 12.0 Å². The molecule has 4 nitrogen and oxygen atoms in total. The quantitative estimate of drug-likeness (QED) is 0.809. The standard InChI is InChI=1S/C16H29N3O/c1-3-20-15-7-11-19(12-8-15)10-6-14-5-4-9-16(14,13-17)18-2/h14-15,18H,3-12H2,1-2H3. The van der Waals surface area contributed by atoms with Crippen molar-refractivity contribution in [3.8, 4) is 6.07 Å². The van der Waals surface area contributed by atoms with E-state index in [1.165, 1.54) is 12.8 Å². The minimum absolute atomic E-state index is 0.260. The summed E-state index contributed by atoms with van der Waals surface area (Å²) in [6.07, 6.45) is 7.33. The highest BCUT2D eigenvalue weighted by molar-refractivity contribution is 5.13. The molecule has 0 aromatic rings. The van der Waals surface area contributed by atoms with E-state index >= 15 is 0 Å². The molecule has 0 radical (unpaired) electrons. The largest absolute Gasteiger partial charge is 0.378 e. The summed E-state index contributed by atoms with van der Waals surface area (Å²) in [6, 6.07) is 2.54. The SMILES string of the molecule is CCOC1CCN(CCC2CCCC2(C#N)NC)CC1. The first-order valence-corrected chi connectivity index (χ1v) is 8.18. The summed E-state index contributed by atoms with van der Waals surface area (Å²) in [5, 5.41) is 12.8. The molecule has 114 valence electrons. The average molecular weight is 279 g/mol. The molecule has 2 atom stereocenters. The lowest BCUT2D eigenvalue weighted by molar-refractivity contribution is 0.0128. The Hall–Kier alpha value is -0.630. The van der Waals surface area contributed by atoms with Gasteiger partial charge in [-0.25, -0.2) is 0 Å². The van der Waals surface area contributed by atoms with Gasteiger partial charge in [-0.15, -0.1) is 0 Å². The summed E-state index contributed by atoms with van der Waals surface area (Å²) < 4.78 is 5.70. The summed E-state index contributed by atoms with van der Waals surface area (Å²) in [6.45, 7) is 6.34. The van der Waals surface area contributed by atoms with Crippen molar-refractivity contribution in [3.05, 3.63) is 0 Å². The maximum absolute atomic E-state index is 9.48. The predicted octanol–water partition coefficient (Wildman–Crippen LogP) is 2.16. The van der Waals surface area contributed by atoms with Crippen molar-refractivity contribution in [2.75, 3.05) is 33.3 Å². The molecule has 0 spiro atoms. The van der Waals surface area contributed by atoms with Gasteiger partial charge in [0, 0.05) is 19.7 Å². The number of rotatable bonds is 6. The topological polar surface area (TPSA) is 48.3 Å². The lowest BCUT2D eigenvalue weighted by atomic mass is 9.86. The van der Waals surface area contributed by atoms with Gasteiger partial charge < -0.3 is 15.0 Å². The van der Waals surface area contributed by atoms with Gasteiger partial charge in [-0.1, -0.05) is 6.42 Å². The molecule has 2 fully saturated rings. The maximum atomic E-state index is 9.48. The fraction of sp³-hybridized carbons (Fsp3) is 0.938. The summed E-state index contributed by atoms with van der Waals surface area (Å²) in [4.78, 5) is 2.55. The second kappa shape index (κ2) is 7.40. The average Bonchev–Trinajstić information content (AvgIpc) is 2.90. The second-order valence-corrected chi connectivity index (χ2v) is 6.21. The number of likely N-dealkylation sites (tertiary alicyclic amines) is 1. The predicted molar refractivity (Wildman–Crippen MR) is 80.4 cm³/mol. The molecule has 1 N–H and O–H groups in total. The van der Waals surface area contributed by atoms with Crippen LogP contribution >= 0.6 is 0 Å². The van der Waals surface area contributed by atoms with Gasteiger partial charge in [0.1, 0.15) is 5.54 Å². The Morgan fingerprint density at radius 1 is 1.35 bits per heavy atom. The second-order valence-electron chi connectivity index (χ2n) is 6.21. The first kappa shape index (κ1) is 15.8. The van der Waals surface area contributed by atoms with E-state index < -0.39 is 0 Å². The third-order valence-electron chi connectivity index (χ3n) is 5.20. The van der Waals surface area contributed by atoms with Gasteiger partial charge in [-0.3, -0.25) is 0 Å². The van der Waals surface area contributed by atoms with Crippen molar-refractivity contribution in [3.63, 3.8) is 0 Å². The zero-order valence-corrected chi connectivity index (χ0v) is 13.0. The number of hydrogen-bond acceptors (Lipinski definition) is 4. The molecule has 0 aromatic heterocycles. The highest BCUT2D eigenvalue weighted by Crippen LogP contribution is 2.37. The summed E-state index contributed by atoms with van der Waals surface area (Å²) in [5.74, 6) is 0.516. The Bertz CT molecular complexity index is 333. The summed E-state index contributed by atoms with van der Waals surface area (Å²) in [7, 11) is 1.94. The number of nitriles is 1. The zero-order chi connectivity index (χ0) is 14.4. The van der Waals surface area contributed by atoms with Gasteiger partial charge in [0.2, 0.25) is 0 Å². The molecule has 0 aromatic carbocycles. The molecule has 4 heteroatoms. The molecule has 1 heterocycles. The van der Waals surface area contributed by atoms with Crippen LogP contribution in [0.5, 0.6) is 0 Å². The number of nitrogens with zero attached hydrogens (tertiary/aromatic N) is 2. The van der Waals surface area contributed by atoms with Gasteiger partial charge in [0.05, 0.1) is 12.2 Å². The lowest BCUT2D eigenvalue weighted by Gasteiger charge is -2.34. The highest BCUT2D eigenvalue weighted by Gasteiger charge is 2.41. The summed E-state index contributed by atoms with van der Waals surface area (Å²) in [5.41, 5.74) is -0.260. The third kappa shape index (κ3) is 3.52. The van der Waals surface area contributed by atoms with Crippen LogP contribution in [0.1, 0.15) is 45.4 Å². The fourth-order valence-electron chi connectivity index (χ4n) is 3.87. The van der Waals surface area contributed by atoms with Crippen molar-refractivity contribution in [2.24, 2.45) is 5.92 Å². The van der Waals surface area contributed by atoms with Crippen molar-refractivity contribution >= 4 is 0 Å². The number of nitrogens with one attached hydrogen (secondary N) is 1. The van der Waals surface area contributed by atoms with E-state index in [1.54, 1.807) is 0 Å². The molecule has 1 aliphatic carbocycles. The number of ether oxygens (including phenoxy) is 1. The Morgan fingerprint density at radius 3 is 2.70 bits per heavy atom. The minimum Gasteiger partial charge on any atom is -0.378 e. The van der Waals surface area contributed by atoms with Crippen LogP contribution in [-0.2, 0) is 4.74 Å². The smallest absolute Gasteiger partial charge is 0.109 e. The van der Waals surface area contributed by atoms with Gasteiger partial charge in [0.15, 0.2) is 0 Å². The molecule has 0 bridgehead atoms. The normalized spacial score (nSPS) is 32.4. The Balaban J connectivity index is 1.75. The Kier molecular flexibility index (Phi) is 5.83. The van der Waals surface area contributed by atoms with Crippen LogP contribution in [0.15, 0.2) is 0 Å². The summed E-state index contributed by atoms with van der Waals surface area (Å²) >= 11 is 0. The number of hydrogen-bond donors (Lipinski definition) is 1. The molecule has 0 amide bonds. The molecule has 2 rings (SSSR count). The fourth-order valence-corrected chi connectivity index (χ4v) is 3.87. The Morgan fingerprint density at radius 2 is 2.10 bits per heavy atom. The number of piperidine rings is 1. The minimum atomic E-state index is -0.260. The molecule has 2 aliphatic rings. The first-order valence-electron chi connectivity index (χ1n) is 8.18. The molecular weight excluding hydrogens is 250 g/mol. The molecule has 2 unspecified atom stereocenters. The van der Waals surface area contributed by atoms with Crippen LogP contribution in [0.3, 0.4) is 0 Å². The maximum Gasteiger partial charge on any atom is 0.109 e. The van der Waals surface area contributed by atoms with Crippen LogP contribution in [0.2, 0.25) is 0 Å². The first-order chi connectivity index (χ1) is 9.74. The molecule has 1 saturated carbocycles. The van der Waals surface area contributed by atoms with E-state index in [9.17, 15) is 5.26 Å². The molecule has 1 aliphatic heterocycles. The van der Waals surface area contributed by atoms with E-state index in [0.717, 1.165) is 51.9 Å².